The van der Waals surface area contributed by atoms with Crippen LogP contribution in [0, 0.1) is 26.0 Å². The second-order valence-corrected chi connectivity index (χ2v) is 19.8. The summed E-state index contributed by atoms with van der Waals surface area (Å²) in [5.74, 6) is 1.06. The van der Waals surface area contributed by atoms with E-state index < -0.39 is 0 Å². The van der Waals surface area contributed by atoms with Gasteiger partial charge in [0, 0.05) is 0 Å². The molecular weight excluding hydrogens is 599 g/mol. The minimum atomic E-state index is 0. The number of hydrogen-bond donors (Lipinski definition) is 0. The molecule has 0 saturated heterocycles. The fourth-order valence-electron chi connectivity index (χ4n) is 5.14. The molecule has 4 aromatic rings. The van der Waals surface area contributed by atoms with E-state index in [2.05, 4.69) is 127 Å². The summed E-state index contributed by atoms with van der Waals surface area (Å²) in [6.07, 6.45) is 7.07. The van der Waals surface area contributed by atoms with Crippen molar-refractivity contribution in [3.63, 3.8) is 0 Å². The molecule has 4 aromatic carbocycles. The van der Waals surface area contributed by atoms with Gasteiger partial charge in [-0.2, -0.15) is 23.3 Å². The Labute approximate surface area is 257 Å². The Morgan fingerprint density at radius 2 is 0.921 bits per heavy atom. The van der Waals surface area contributed by atoms with Crippen LogP contribution in [0.25, 0.3) is 21.5 Å². The predicted molar refractivity (Wildman–Crippen MR) is 155 cm³/mol. The normalized spacial score (nSPS) is 16.5. The zero-order valence-electron chi connectivity index (χ0n) is 23.7. The molecule has 0 spiro atoms. The van der Waals surface area contributed by atoms with Crippen LogP contribution in [0.2, 0.25) is 13.1 Å². The van der Waals surface area contributed by atoms with Crippen molar-refractivity contribution in [1.29, 1.82) is 0 Å². The van der Waals surface area contributed by atoms with E-state index in [0.717, 1.165) is 0 Å². The molecule has 0 radical (unpaired) electrons. The summed E-state index contributed by atoms with van der Waals surface area (Å²) >= 11 is 1.74. The van der Waals surface area contributed by atoms with Gasteiger partial charge in [-0.1, -0.05) is 97.8 Å². The van der Waals surface area contributed by atoms with Gasteiger partial charge in [-0.15, -0.1) is 57.3 Å². The number of benzene rings is 4. The van der Waals surface area contributed by atoms with Crippen LogP contribution in [-0.2, 0) is 23.3 Å². The Balaban J connectivity index is 0.000000224. The number of rotatable bonds is 0. The van der Waals surface area contributed by atoms with E-state index in [9.17, 15) is 0 Å². The smallest absolute Gasteiger partial charge is 1.00 e. The molecule has 38 heavy (non-hydrogen) atoms. The number of aryl methyl sites for hydroxylation is 2. The van der Waals surface area contributed by atoms with Gasteiger partial charge < -0.3 is 24.8 Å². The molecule has 0 aromatic heterocycles. The van der Waals surface area contributed by atoms with E-state index in [1.165, 1.54) is 66.1 Å². The van der Waals surface area contributed by atoms with Crippen LogP contribution in [0.1, 0.15) is 72.9 Å². The SMILES string of the molecule is CC1=[C-]c2c(ccc3c(C)cccc23)C1C.CC1=[C-]c2c(ccc3c(C)cccc23)C1C.C[Si](C)=[Zr+2].[Cl-].[Cl-]. The zero-order valence-corrected chi connectivity index (χ0v) is 28.7. The Kier molecular flexibility index (Phi) is 11.9. The molecule has 0 N–H and O–H groups in total. The number of halogens is 2. The maximum absolute atomic E-state index is 3.53. The standard InChI is InChI=1S/2C16H15.C2H6Si.2ClH.Zr/c2*1-10-5-4-6-15-13(10)7-8-14-12(3)11(2)9-16(14)15;1-3-2;;;/h2*4-8,12H,1-3H3;1-2H3;2*1H;/q2*-1;;;;+2/p-2. The molecule has 2 unspecified atom stereocenters. The summed E-state index contributed by atoms with van der Waals surface area (Å²) in [4.78, 5) is 0. The van der Waals surface area contributed by atoms with Gasteiger partial charge >= 0.3 is 41.9 Å². The van der Waals surface area contributed by atoms with Gasteiger partial charge in [-0.25, -0.2) is 0 Å². The molecule has 0 amide bonds. The third kappa shape index (κ3) is 6.64. The van der Waals surface area contributed by atoms with Crippen LogP contribution in [-0.4, -0.2) is 5.43 Å². The van der Waals surface area contributed by atoms with Gasteiger partial charge in [0.15, 0.2) is 0 Å². The Hall–Kier alpha value is -1.44. The fraction of sp³-hybridized carbons (Fsp3) is 0.294. The molecule has 0 saturated carbocycles. The quantitative estimate of drug-likeness (QED) is 0.205. The molecule has 4 heteroatoms. The average molecular weight is 635 g/mol. The third-order valence-corrected chi connectivity index (χ3v) is 7.50. The van der Waals surface area contributed by atoms with Crippen LogP contribution < -0.4 is 24.8 Å². The van der Waals surface area contributed by atoms with E-state index in [1.807, 2.05) is 0 Å². The molecule has 2 atom stereocenters. The molecule has 0 fully saturated rings. The van der Waals surface area contributed by atoms with Crippen molar-refractivity contribution in [2.45, 2.75) is 66.5 Å². The third-order valence-electron chi connectivity index (χ3n) is 7.50. The van der Waals surface area contributed by atoms with Crippen molar-refractivity contribution < 1.29 is 48.1 Å². The van der Waals surface area contributed by atoms with E-state index in [0.29, 0.717) is 11.8 Å². The molecule has 0 bridgehead atoms. The van der Waals surface area contributed by atoms with Crippen molar-refractivity contribution in [2.75, 3.05) is 0 Å². The molecule has 2 aliphatic rings. The summed E-state index contributed by atoms with van der Waals surface area (Å²) in [5.41, 5.74) is 11.1. The summed E-state index contributed by atoms with van der Waals surface area (Å²) in [7, 11) is 0. The van der Waals surface area contributed by atoms with Gasteiger partial charge in [0.05, 0.1) is 0 Å². The predicted octanol–water partition coefficient (Wildman–Crippen LogP) is 3.52. The fourth-order valence-corrected chi connectivity index (χ4v) is 5.14. The van der Waals surface area contributed by atoms with E-state index in [-0.39, 0.29) is 30.2 Å². The van der Waals surface area contributed by atoms with Gasteiger partial charge in [-0.05, 0) is 13.8 Å². The van der Waals surface area contributed by atoms with Crippen molar-refractivity contribution in [3.8, 4) is 0 Å². The first-order chi connectivity index (χ1) is 17.1. The first kappa shape index (κ1) is 32.8. The average Bonchev–Trinajstić information content (AvgIpc) is 3.30. The van der Waals surface area contributed by atoms with E-state index in [4.69, 9.17) is 0 Å². The first-order valence-corrected chi connectivity index (χ1v) is 19.1. The second kappa shape index (κ2) is 13.8. The summed E-state index contributed by atoms with van der Waals surface area (Å²) in [6, 6.07) is 22.1. The minimum absolute atomic E-state index is 0. The van der Waals surface area contributed by atoms with Crippen molar-refractivity contribution in [1.82, 2.24) is 0 Å². The zero-order chi connectivity index (χ0) is 26.1. The molecule has 0 aliphatic heterocycles. The van der Waals surface area contributed by atoms with Crippen LogP contribution in [0.15, 0.2) is 71.8 Å². The maximum Gasteiger partial charge on any atom is -1.00 e. The van der Waals surface area contributed by atoms with Crippen molar-refractivity contribution in [2.24, 2.45) is 0 Å². The molecule has 0 nitrogen and oxygen atoms in total. The van der Waals surface area contributed by atoms with Crippen LogP contribution >= 0.6 is 0 Å². The number of allylic oxidation sites excluding steroid dienone is 2. The van der Waals surface area contributed by atoms with Gasteiger partial charge in [-0.3, -0.25) is 0 Å². The Morgan fingerprint density at radius 1 is 0.579 bits per heavy atom. The molecule has 0 heterocycles. The van der Waals surface area contributed by atoms with Crippen LogP contribution in [0.4, 0.5) is 0 Å². The van der Waals surface area contributed by atoms with Gasteiger partial charge in [0.1, 0.15) is 0 Å². The summed E-state index contributed by atoms with van der Waals surface area (Å²) in [6.45, 7) is 17.8. The topological polar surface area (TPSA) is 0 Å². The molecular formula is C34H36Cl2SiZr-2. The molecule has 196 valence electrons. The van der Waals surface area contributed by atoms with E-state index in [1.54, 1.807) is 23.3 Å². The van der Waals surface area contributed by atoms with Gasteiger partial charge in [0.2, 0.25) is 0 Å². The maximum atomic E-state index is 3.53. The first-order valence-electron chi connectivity index (χ1n) is 12.9. The largest absolute Gasteiger partial charge is 1.00 e. The minimum Gasteiger partial charge on any atom is -1.00 e. The molecule has 6 rings (SSSR count). The summed E-state index contributed by atoms with van der Waals surface area (Å²) < 4.78 is 0. The van der Waals surface area contributed by atoms with Crippen LogP contribution in [0.5, 0.6) is 0 Å². The van der Waals surface area contributed by atoms with Crippen LogP contribution in [0.3, 0.4) is 0 Å². The Morgan fingerprint density at radius 3 is 1.26 bits per heavy atom. The Bertz CT molecular complexity index is 1430. The van der Waals surface area contributed by atoms with E-state index >= 15 is 0 Å². The van der Waals surface area contributed by atoms with Crippen molar-refractivity contribution in [3.05, 3.63) is 117 Å². The number of fused-ring (bicyclic) bond motifs is 6. The summed E-state index contributed by atoms with van der Waals surface area (Å²) in [5, 5.41) is 5.41. The van der Waals surface area contributed by atoms with Gasteiger partial charge in [0.25, 0.3) is 0 Å². The monoisotopic (exact) mass is 632 g/mol. The second-order valence-electron chi connectivity index (χ2n) is 10.5. The van der Waals surface area contributed by atoms with Crippen molar-refractivity contribution >= 4 is 27.0 Å². The molecule has 2 aliphatic carbocycles. The number of hydrogen-bond acceptors (Lipinski definition) is 0.